The third-order valence-electron chi connectivity index (χ3n) is 4.06. The first-order chi connectivity index (χ1) is 11.5. The Morgan fingerprint density at radius 2 is 1.72 bits per heavy atom. The maximum absolute atomic E-state index is 12.2. The molecule has 0 unspecified atom stereocenters. The zero-order valence-electron chi connectivity index (χ0n) is 14.8. The first-order valence-corrected chi connectivity index (χ1v) is 8.29. The van der Waals surface area contributed by atoms with Crippen molar-refractivity contribution in [3.05, 3.63) is 60.2 Å². The highest BCUT2D eigenvalue weighted by atomic mass is 35.5. The van der Waals surface area contributed by atoms with Gasteiger partial charge in [0.05, 0.1) is 0 Å². The van der Waals surface area contributed by atoms with Crippen molar-refractivity contribution in [3.63, 3.8) is 0 Å². The molecule has 3 N–H and O–H groups in total. The molecule has 0 heterocycles. The summed E-state index contributed by atoms with van der Waals surface area (Å²) in [6.07, 6.45) is 1.27. The molecule has 0 aromatic heterocycles. The standard InChI is InChI=1S/C20H26N2O2.ClH/c1-20(2,16-6-4-3-5-7-16)13-12-19(23)22-17-8-10-18(11-9-17)24-15-14-21;/h3-11H,12-15,21H2,1-2H3,(H,22,23);1H. The number of amides is 1. The summed E-state index contributed by atoms with van der Waals surface area (Å²) in [5.41, 5.74) is 7.40. The maximum atomic E-state index is 12.2. The number of anilines is 1. The lowest BCUT2D eigenvalue weighted by atomic mass is 9.80. The van der Waals surface area contributed by atoms with Crippen LogP contribution in [0, 0.1) is 0 Å². The van der Waals surface area contributed by atoms with Gasteiger partial charge in [0.25, 0.3) is 0 Å². The minimum atomic E-state index is -0.0292. The van der Waals surface area contributed by atoms with Gasteiger partial charge in [-0.15, -0.1) is 12.4 Å². The summed E-state index contributed by atoms with van der Waals surface area (Å²) in [5.74, 6) is 0.776. The smallest absolute Gasteiger partial charge is 0.224 e. The highest BCUT2D eigenvalue weighted by molar-refractivity contribution is 5.90. The van der Waals surface area contributed by atoms with Crippen LogP contribution < -0.4 is 15.8 Å². The summed E-state index contributed by atoms with van der Waals surface area (Å²) in [7, 11) is 0. The summed E-state index contributed by atoms with van der Waals surface area (Å²) >= 11 is 0. The first kappa shape index (κ1) is 21.0. The lowest BCUT2D eigenvalue weighted by Crippen LogP contribution is -2.21. The van der Waals surface area contributed by atoms with Crippen LogP contribution in [0.5, 0.6) is 5.75 Å². The molecule has 4 nitrogen and oxygen atoms in total. The fourth-order valence-corrected chi connectivity index (χ4v) is 2.49. The van der Waals surface area contributed by atoms with Crippen molar-refractivity contribution in [1.29, 1.82) is 0 Å². The molecule has 25 heavy (non-hydrogen) atoms. The highest BCUT2D eigenvalue weighted by Gasteiger charge is 2.21. The topological polar surface area (TPSA) is 64.3 Å². The van der Waals surface area contributed by atoms with Gasteiger partial charge in [0.1, 0.15) is 12.4 Å². The minimum absolute atomic E-state index is 0. The third-order valence-corrected chi connectivity index (χ3v) is 4.06. The minimum Gasteiger partial charge on any atom is -0.492 e. The molecular formula is C20H27ClN2O2. The quantitative estimate of drug-likeness (QED) is 0.741. The van der Waals surface area contributed by atoms with Crippen LogP contribution in [0.15, 0.2) is 54.6 Å². The largest absolute Gasteiger partial charge is 0.492 e. The van der Waals surface area contributed by atoms with E-state index in [1.54, 1.807) is 0 Å². The Hall–Kier alpha value is -2.04. The Labute approximate surface area is 156 Å². The molecule has 0 atom stereocenters. The van der Waals surface area contributed by atoms with Gasteiger partial charge in [-0.3, -0.25) is 4.79 Å². The molecule has 0 radical (unpaired) electrons. The molecule has 0 spiro atoms. The van der Waals surface area contributed by atoms with Gasteiger partial charge in [0, 0.05) is 18.7 Å². The molecule has 0 bridgehead atoms. The van der Waals surface area contributed by atoms with E-state index in [0.29, 0.717) is 19.6 Å². The lowest BCUT2D eigenvalue weighted by molar-refractivity contribution is -0.116. The molecule has 2 aromatic rings. The molecule has 0 aliphatic carbocycles. The van der Waals surface area contributed by atoms with Crippen LogP contribution in [0.1, 0.15) is 32.3 Å². The van der Waals surface area contributed by atoms with Gasteiger partial charge in [0.15, 0.2) is 0 Å². The number of hydrogen-bond acceptors (Lipinski definition) is 3. The highest BCUT2D eigenvalue weighted by Crippen LogP contribution is 2.28. The number of nitrogens with two attached hydrogens (primary N) is 1. The van der Waals surface area contributed by atoms with E-state index < -0.39 is 0 Å². The van der Waals surface area contributed by atoms with Gasteiger partial charge in [0.2, 0.25) is 5.91 Å². The number of carbonyl (C=O) groups is 1. The summed E-state index contributed by atoms with van der Waals surface area (Å²) in [6, 6.07) is 17.6. The monoisotopic (exact) mass is 362 g/mol. The molecule has 2 rings (SSSR count). The Morgan fingerprint density at radius 1 is 1.08 bits per heavy atom. The van der Waals surface area contributed by atoms with Crippen LogP contribution >= 0.6 is 12.4 Å². The van der Waals surface area contributed by atoms with E-state index >= 15 is 0 Å². The second-order valence-electron chi connectivity index (χ2n) is 6.46. The zero-order valence-corrected chi connectivity index (χ0v) is 15.6. The predicted molar refractivity (Wildman–Crippen MR) is 106 cm³/mol. The summed E-state index contributed by atoms with van der Waals surface area (Å²) in [4.78, 5) is 12.2. The molecular weight excluding hydrogens is 336 g/mol. The number of hydrogen-bond donors (Lipinski definition) is 2. The van der Waals surface area contributed by atoms with Crippen LogP contribution in [-0.2, 0) is 10.2 Å². The average Bonchev–Trinajstić information content (AvgIpc) is 2.60. The van der Waals surface area contributed by atoms with Crippen LogP contribution in [0.4, 0.5) is 5.69 Å². The summed E-state index contributed by atoms with van der Waals surface area (Å²) in [6.45, 7) is 5.30. The molecule has 0 fully saturated rings. The Balaban J connectivity index is 0.00000312. The van der Waals surface area contributed by atoms with Crippen molar-refractivity contribution >= 4 is 24.0 Å². The number of benzene rings is 2. The number of rotatable bonds is 8. The number of carbonyl (C=O) groups excluding carboxylic acids is 1. The predicted octanol–water partition coefficient (Wildman–Crippen LogP) is 4.14. The van der Waals surface area contributed by atoms with Crippen LogP contribution in [0.25, 0.3) is 0 Å². The SMILES string of the molecule is CC(C)(CCC(=O)Nc1ccc(OCCN)cc1)c1ccccc1.Cl. The van der Waals surface area contributed by atoms with E-state index in [0.717, 1.165) is 17.9 Å². The van der Waals surface area contributed by atoms with Crippen molar-refractivity contribution in [2.45, 2.75) is 32.1 Å². The summed E-state index contributed by atoms with van der Waals surface area (Å²) in [5, 5.41) is 2.93. The average molecular weight is 363 g/mol. The molecule has 1 amide bonds. The van der Waals surface area contributed by atoms with Gasteiger partial charge >= 0.3 is 0 Å². The van der Waals surface area contributed by atoms with Crippen molar-refractivity contribution in [2.75, 3.05) is 18.5 Å². The number of halogens is 1. The van der Waals surface area contributed by atoms with Crippen molar-refractivity contribution < 1.29 is 9.53 Å². The van der Waals surface area contributed by atoms with Gasteiger partial charge < -0.3 is 15.8 Å². The van der Waals surface area contributed by atoms with Gasteiger partial charge in [-0.05, 0) is 41.7 Å². The fourth-order valence-electron chi connectivity index (χ4n) is 2.49. The van der Waals surface area contributed by atoms with Crippen LogP contribution in [0.2, 0.25) is 0 Å². The third kappa shape index (κ3) is 6.77. The molecule has 0 aliphatic heterocycles. The molecule has 136 valence electrons. The molecule has 2 aromatic carbocycles. The lowest BCUT2D eigenvalue weighted by Gasteiger charge is -2.25. The van der Waals surface area contributed by atoms with E-state index in [-0.39, 0.29) is 23.7 Å². The Bertz CT molecular complexity index is 643. The van der Waals surface area contributed by atoms with Crippen molar-refractivity contribution in [1.82, 2.24) is 0 Å². The van der Waals surface area contributed by atoms with Crippen molar-refractivity contribution in [2.24, 2.45) is 5.73 Å². The fraction of sp³-hybridized carbons (Fsp3) is 0.350. The molecule has 0 saturated heterocycles. The normalized spacial score (nSPS) is 10.7. The summed E-state index contributed by atoms with van der Waals surface area (Å²) < 4.78 is 5.42. The maximum Gasteiger partial charge on any atom is 0.224 e. The zero-order chi connectivity index (χ0) is 17.4. The van der Waals surface area contributed by atoms with Gasteiger partial charge in [-0.2, -0.15) is 0 Å². The van der Waals surface area contributed by atoms with Crippen LogP contribution in [-0.4, -0.2) is 19.1 Å². The Morgan fingerprint density at radius 3 is 2.32 bits per heavy atom. The van der Waals surface area contributed by atoms with E-state index in [9.17, 15) is 4.79 Å². The second-order valence-corrected chi connectivity index (χ2v) is 6.46. The first-order valence-electron chi connectivity index (χ1n) is 8.29. The van der Waals surface area contributed by atoms with E-state index in [2.05, 4.69) is 31.3 Å². The number of nitrogens with one attached hydrogen (secondary N) is 1. The number of ether oxygens (including phenoxy) is 1. The van der Waals surface area contributed by atoms with E-state index in [1.165, 1.54) is 5.56 Å². The van der Waals surface area contributed by atoms with E-state index in [4.69, 9.17) is 10.5 Å². The molecule has 0 saturated carbocycles. The molecule has 5 heteroatoms. The van der Waals surface area contributed by atoms with Gasteiger partial charge in [-0.1, -0.05) is 44.2 Å². The van der Waals surface area contributed by atoms with Crippen LogP contribution in [0.3, 0.4) is 0 Å². The second kappa shape index (κ2) is 10.1. The van der Waals surface area contributed by atoms with Gasteiger partial charge in [-0.25, -0.2) is 0 Å². The molecule has 0 aliphatic rings. The van der Waals surface area contributed by atoms with Crippen molar-refractivity contribution in [3.8, 4) is 5.75 Å². The Kier molecular flexibility index (Phi) is 8.46. The van der Waals surface area contributed by atoms with E-state index in [1.807, 2.05) is 42.5 Å².